The van der Waals surface area contributed by atoms with Gasteiger partial charge in [-0.05, 0) is 48.9 Å². The Morgan fingerprint density at radius 3 is 2.21 bits per heavy atom. The van der Waals surface area contributed by atoms with E-state index in [1.165, 1.54) is 44.6 Å². The highest BCUT2D eigenvalue weighted by atomic mass is 32.2. The fourth-order valence-corrected chi connectivity index (χ4v) is 4.70. The molecule has 0 aliphatic rings. The molecule has 0 saturated carbocycles. The van der Waals surface area contributed by atoms with E-state index >= 15 is 0 Å². The second-order valence-electron chi connectivity index (χ2n) is 7.20. The molecule has 0 unspecified atom stereocenters. The maximum Gasteiger partial charge on any atom is 0.264 e. The number of methoxy groups -OCH3 is 2. The molecule has 0 spiro atoms. The number of rotatable bonds is 9. The van der Waals surface area contributed by atoms with Gasteiger partial charge in [0.2, 0.25) is 5.91 Å². The lowest BCUT2D eigenvalue weighted by Crippen LogP contribution is -2.41. The SMILES string of the molecule is COc1ccc(S(=O)(=O)N(CC(=O)N[C@@H](C)c2ccc(F)cc2)c2ccccc2)cc1OC. The topological polar surface area (TPSA) is 84.9 Å². The van der Waals surface area contributed by atoms with Crippen molar-refractivity contribution in [1.29, 1.82) is 0 Å². The first kappa shape index (κ1) is 24.1. The van der Waals surface area contributed by atoms with Crippen molar-refractivity contribution in [3.63, 3.8) is 0 Å². The van der Waals surface area contributed by atoms with E-state index < -0.39 is 28.5 Å². The van der Waals surface area contributed by atoms with Gasteiger partial charge in [-0.1, -0.05) is 30.3 Å². The second kappa shape index (κ2) is 10.4. The molecule has 3 aromatic rings. The smallest absolute Gasteiger partial charge is 0.264 e. The summed E-state index contributed by atoms with van der Waals surface area (Å²) in [6.07, 6.45) is 0. The van der Waals surface area contributed by atoms with Gasteiger partial charge in [0.15, 0.2) is 11.5 Å². The maximum absolute atomic E-state index is 13.5. The molecule has 0 bridgehead atoms. The van der Waals surface area contributed by atoms with Gasteiger partial charge in [-0.2, -0.15) is 0 Å². The zero-order chi connectivity index (χ0) is 24.0. The number of hydrogen-bond acceptors (Lipinski definition) is 5. The van der Waals surface area contributed by atoms with Crippen molar-refractivity contribution >= 4 is 21.6 Å². The maximum atomic E-state index is 13.5. The molecule has 0 aliphatic carbocycles. The summed E-state index contributed by atoms with van der Waals surface area (Å²) in [5, 5.41) is 2.77. The number of carbonyl (C=O) groups excluding carboxylic acids is 1. The Hall–Kier alpha value is -3.59. The van der Waals surface area contributed by atoms with Crippen LogP contribution in [0.2, 0.25) is 0 Å². The third-order valence-corrected chi connectivity index (χ3v) is 6.79. The van der Waals surface area contributed by atoms with Crippen LogP contribution in [0.25, 0.3) is 0 Å². The summed E-state index contributed by atoms with van der Waals surface area (Å²) >= 11 is 0. The zero-order valence-electron chi connectivity index (χ0n) is 18.5. The highest BCUT2D eigenvalue weighted by Gasteiger charge is 2.28. The number of carbonyl (C=O) groups is 1. The lowest BCUT2D eigenvalue weighted by atomic mass is 10.1. The van der Waals surface area contributed by atoms with E-state index in [-0.39, 0.29) is 16.5 Å². The minimum Gasteiger partial charge on any atom is -0.493 e. The van der Waals surface area contributed by atoms with Gasteiger partial charge < -0.3 is 14.8 Å². The molecule has 0 fully saturated rings. The van der Waals surface area contributed by atoms with Gasteiger partial charge >= 0.3 is 0 Å². The molecule has 0 radical (unpaired) electrons. The number of amides is 1. The minimum atomic E-state index is -4.13. The van der Waals surface area contributed by atoms with Crippen LogP contribution in [0.5, 0.6) is 11.5 Å². The van der Waals surface area contributed by atoms with Gasteiger partial charge in [0, 0.05) is 6.07 Å². The molecule has 3 rings (SSSR count). The Morgan fingerprint density at radius 1 is 0.970 bits per heavy atom. The first-order chi connectivity index (χ1) is 15.8. The van der Waals surface area contributed by atoms with Crippen molar-refractivity contribution < 1.29 is 27.1 Å². The van der Waals surface area contributed by atoms with Crippen molar-refractivity contribution in [3.05, 3.63) is 84.2 Å². The summed E-state index contributed by atoms with van der Waals surface area (Å²) in [4.78, 5) is 12.8. The third-order valence-electron chi connectivity index (χ3n) is 5.02. The number of nitrogens with one attached hydrogen (secondary N) is 1. The van der Waals surface area contributed by atoms with Crippen LogP contribution in [-0.2, 0) is 14.8 Å². The predicted molar refractivity (Wildman–Crippen MR) is 123 cm³/mol. The molecular formula is C24H25FN2O5S. The number of anilines is 1. The summed E-state index contributed by atoms with van der Waals surface area (Å²) in [6.45, 7) is 1.28. The van der Waals surface area contributed by atoms with E-state index in [0.717, 1.165) is 4.31 Å². The molecule has 0 saturated heterocycles. The van der Waals surface area contributed by atoms with Gasteiger partial charge in [-0.3, -0.25) is 9.10 Å². The number of halogens is 1. The number of hydrogen-bond donors (Lipinski definition) is 1. The Balaban J connectivity index is 1.90. The largest absolute Gasteiger partial charge is 0.493 e. The van der Waals surface area contributed by atoms with Crippen LogP contribution in [0, 0.1) is 5.82 Å². The van der Waals surface area contributed by atoms with Gasteiger partial charge in [0.25, 0.3) is 10.0 Å². The van der Waals surface area contributed by atoms with Crippen LogP contribution in [-0.4, -0.2) is 35.1 Å². The summed E-state index contributed by atoms with van der Waals surface area (Å²) in [5.74, 6) is -0.261. The summed E-state index contributed by atoms with van der Waals surface area (Å²) in [7, 11) is -1.26. The molecule has 7 nitrogen and oxygen atoms in total. The van der Waals surface area contributed by atoms with Crippen LogP contribution in [0.4, 0.5) is 10.1 Å². The standard InChI is InChI=1S/C24H25FN2O5S/c1-17(18-9-11-19(25)12-10-18)26-24(28)16-27(20-7-5-4-6-8-20)33(29,30)21-13-14-22(31-2)23(15-21)32-3/h4-15,17H,16H2,1-3H3,(H,26,28)/t17-/m0/s1. The molecule has 0 aromatic heterocycles. The normalized spacial score (nSPS) is 12.0. The van der Waals surface area contributed by atoms with E-state index in [0.29, 0.717) is 17.0 Å². The molecule has 33 heavy (non-hydrogen) atoms. The fourth-order valence-electron chi connectivity index (χ4n) is 3.27. The molecule has 0 aliphatic heterocycles. The second-order valence-corrected chi connectivity index (χ2v) is 9.07. The van der Waals surface area contributed by atoms with Gasteiger partial charge in [-0.15, -0.1) is 0 Å². The van der Waals surface area contributed by atoms with Crippen molar-refractivity contribution in [2.45, 2.75) is 17.9 Å². The minimum absolute atomic E-state index is 0.0524. The molecule has 0 heterocycles. The zero-order valence-corrected chi connectivity index (χ0v) is 19.3. The van der Waals surface area contributed by atoms with Crippen LogP contribution >= 0.6 is 0 Å². The number of nitrogens with zero attached hydrogens (tertiary/aromatic N) is 1. The van der Waals surface area contributed by atoms with E-state index in [9.17, 15) is 17.6 Å². The number of para-hydroxylation sites is 1. The number of benzene rings is 3. The van der Waals surface area contributed by atoms with Gasteiger partial charge in [0.05, 0.1) is 30.8 Å². The predicted octanol–water partition coefficient (Wildman–Crippen LogP) is 3.92. The van der Waals surface area contributed by atoms with Crippen LogP contribution in [0.15, 0.2) is 77.7 Å². The Bertz CT molecular complexity index is 1200. The van der Waals surface area contributed by atoms with Crippen molar-refractivity contribution in [2.75, 3.05) is 25.1 Å². The quantitative estimate of drug-likeness (QED) is 0.510. The molecule has 1 atom stereocenters. The van der Waals surface area contributed by atoms with Gasteiger partial charge in [0.1, 0.15) is 12.4 Å². The van der Waals surface area contributed by atoms with Gasteiger partial charge in [-0.25, -0.2) is 12.8 Å². The molecule has 9 heteroatoms. The lowest BCUT2D eigenvalue weighted by molar-refractivity contribution is -0.120. The molecular weight excluding hydrogens is 447 g/mol. The first-order valence-corrected chi connectivity index (χ1v) is 11.5. The van der Waals surface area contributed by atoms with Crippen LogP contribution < -0.4 is 19.1 Å². The molecule has 174 valence electrons. The summed E-state index contributed by atoms with van der Waals surface area (Å²) < 4.78 is 51.7. The summed E-state index contributed by atoms with van der Waals surface area (Å²) in [6, 6.07) is 17.9. The third kappa shape index (κ3) is 5.61. The monoisotopic (exact) mass is 472 g/mol. The van der Waals surface area contributed by atoms with Crippen LogP contribution in [0.3, 0.4) is 0 Å². The molecule has 1 N–H and O–H groups in total. The van der Waals surface area contributed by atoms with E-state index in [2.05, 4.69) is 5.32 Å². The first-order valence-electron chi connectivity index (χ1n) is 10.1. The average molecular weight is 473 g/mol. The van der Waals surface area contributed by atoms with Crippen molar-refractivity contribution in [3.8, 4) is 11.5 Å². The Morgan fingerprint density at radius 2 is 1.61 bits per heavy atom. The van der Waals surface area contributed by atoms with Crippen molar-refractivity contribution in [1.82, 2.24) is 5.32 Å². The molecule has 1 amide bonds. The highest BCUT2D eigenvalue weighted by Crippen LogP contribution is 2.32. The van der Waals surface area contributed by atoms with E-state index in [4.69, 9.17) is 9.47 Å². The summed E-state index contributed by atoms with van der Waals surface area (Å²) in [5.41, 5.74) is 1.02. The molecule has 3 aromatic carbocycles. The fraction of sp³-hybridized carbons (Fsp3) is 0.208. The van der Waals surface area contributed by atoms with Crippen LogP contribution in [0.1, 0.15) is 18.5 Å². The Kier molecular flexibility index (Phi) is 7.55. The highest BCUT2D eigenvalue weighted by molar-refractivity contribution is 7.92. The van der Waals surface area contributed by atoms with E-state index in [1.54, 1.807) is 49.4 Å². The number of ether oxygens (including phenoxy) is 2. The van der Waals surface area contributed by atoms with Crippen molar-refractivity contribution in [2.24, 2.45) is 0 Å². The average Bonchev–Trinajstić information content (AvgIpc) is 2.82. The lowest BCUT2D eigenvalue weighted by Gasteiger charge is -2.25. The van der Waals surface area contributed by atoms with E-state index in [1.807, 2.05) is 0 Å². The number of sulfonamides is 1. The Labute approximate surface area is 192 Å².